The Morgan fingerprint density at radius 1 is 1.42 bits per heavy atom. The topological polar surface area (TPSA) is 144 Å². The first-order chi connectivity index (χ1) is 12.4. The third kappa shape index (κ3) is 5.22. The molecule has 0 atom stereocenters. The van der Waals surface area contributed by atoms with Gasteiger partial charge in [-0.05, 0) is 13.0 Å². The van der Waals surface area contributed by atoms with Gasteiger partial charge in [0, 0.05) is 29.7 Å². The van der Waals surface area contributed by atoms with Crippen LogP contribution in [0.4, 0.5) is 16.5 Å². The zero-order chi connectivity index (χ0) is 19.1. The summed E-state index contributed by atoms with van der Waals surface area (Å²) in [7, 11) is 0. The number of non-ortho nitro benzene ring substituents is 1. The number of carbonyl (C=O) groups excluding carboxylic acids is 2. The Bertz CT molecular complexity index is 822. The van der Waals surface area contributed by atoms with Gasteiger partial charge in [-0.2, -0.15) is 0 Å². The number of hydrogen-bond acceptors (Lipinski definition) is 9. The second kappa shape index (κ2) is 8.87. The van der Waals surface area contributed by atoms with Crippen LogP contribution in [0.3, 0.4) is 0 Å². The van der Waals surface area contributed by atoms with Crippen LogP contribution >= 0.6 is 11.3 Å². The monoisotopic (exact) mass is 380 g/mol. The van der Waals surface area contributed by atoms with Crippen LogP contribution in [0.25, 0.3) is 0 Å². The molecule has 1 heterocycles. The molecule has 138 valence electrons. The zero-order valence-electron chi connectivity index (χ0n) is 13.7. The van der Waals surface area contributed by atoms with Gasteiger partial charge >= 0.3 is 5.97 Å². The predicted molar refractivity (Wildman–Crippen MR) is 94.4 cm³/mol. The highest BCUT2D eigenvalue weighted by molar-refractivity contribution is 7.13. The average Bonchev–Trinajstić information content (AvgIpc) is 3.02. The van der Waals surface area contributed by atoms with Gasteiger partial charge < -0.3 is 15.2 Å². The minimum atomic E-state index is -0.903. The summed E-state index contributed by atoms with van der Waals surface area (Å²) < 4.78 is 4.93. The number of anilines is 2. The summed E-state index contributed by atoms with van der Waals surface area (Å²) in [6.07, 6.45) is 0. The molecule has 2 aromatic rings. The third-order valence-electron chi connectivity index (χ3n) is 3.06. The van der Waals surface area contributed by atoms with Gasteiger partial charge in [-0.15, -0.1) is 11.3 Å². The second-order valence-electron chi connectivity index (χ2n) is 5.06. The molecule has 0 unspecified atom stereocenters. The molecule has 0 spiro atoms. The molecular weight excluding hydrogens is 364 g/mol. The number of aliphatic hydroxyl groups excluding tert-OH is 1. The number of benzene rings is 1. The first-order valence-electron chi connectivity index (χ1n) is 7.43. The lowest BCUT2D eigenvalue weighted by molar-refractivity contribution is -0.384. The number of thiazole rings is 1. The number of esters is 1. The van der Waals surface area contributed by atoms with E-state index >= 15 is 0 Å². The highest BCUT2D eigenvalue weighted by Crippen LogP contribution is 2.23. The Morgan fingerprint density at radius 3 is 2.81 bits per heavy atom. The summed E-state index contributed by atoms with van der Waals surface area (Å²) >= 11 is 1.23. The minimum Gasteiger partial charge on any atom is -0.452 e. The van der Waals surface area contributed by atoms with E-state index in [1.54, 1.807) is 12.3 Å². The second-order valence-corrected chi connectivity index (χ2v) is 5.91. The van der Waals surface area contributed by atoms with Crippen molar-refractivity contribution in [2.75, 3.05) is 30.4 Å². The number of carbonyl (C=O) groups is 2. The maximum absolute atomic E-state index is 12.2. The molecule has 0 aliphatic rings. The number of nitrogens with zero attached hydrogens (tertiary/aromatic N) is 2. The van der Waals surface area contributed by atoms with Crippen LogP contribution in [0, 0.1) is 17.0 Å². The van der Waals surface area contributed by atoms with Crippen molar-refractivity contribution in [2.24, 2.45) is 0 Å². The standard InChI is InChI=1S/C15H16N4O6S/c1-9-8-26-15(17-9)18-13(21)7-25-14(22)11-6-10(19(23)24)2-3-12(11)16-4-5-20/h2-3,6,8,16,20H,4-5,7H2,1H3,(H,17,18,21). The van der Waals surface area contributed by atoms with Crippen molar-refractivity contribution in [1.82, 2.24) is 4.98 Å². The normalized spacial score (nSPS) is 10.2. The van der Waals surface area contributed by atoms with Gasteiger partial charge in [-0.3, -0.25) is 20.2 Å². The number of ether oxygens (including phenoxy) is 1. The van der Waals surface area contributed by atoms with E-state index in [1.807, 2.05) is 0 Å². The van der Waals surface area contributed by atoms with Gasteiger partial charge in [0.1, 0.15) is 0 Å². The van der Waals surface area contributed by atoms with Gasteiger partial charge in [0.2, 0.25) is 0 Å². The molecular formula is C15H16N4O6S. The van der Waals surface area contributed by atoms with Crippen LogP contribution in [0.1, 0.15) is 16.1 Å². The SMILES string of the molecule is Cc1csc(NC(=O)COC(=O)c2cc([N+](=O)[O-])ccc2NCCO)n1. The van der Waals surface area contributed by atoms with Crippen molar-refractivity contribution in [1.29, 1.82) is 0 Å². The number of aromatic nitrogens is 1. The van der Waals surface area contributed by atoms with Gasteiger partial charge in [0.05, 0.1) is 22.8 Å². The van der Waals surface area contributed by atoms with Gasteiger partial charge in [0.15, 0.2) is 11.7 Å². The van der Waals surface area contributed by atoms with Crippen molar-refractivity contribution in [3.05, 3.63) is 45.0 Å². The van der Waals surface area contributed by atoms with E-state index in [2.05, 4.69) is 15.6 Å². The highest BCUT2D eigenvalue weighted by atomic mass is 32.1. The molecule has 1 aromatic carbocycles. The Balaban J connectivity index is 2.05. The minimum absolute atomic E-state index is 0.106. The fourth-order valence-electron chi connectivity index (χ4n) is 1.93. The van der Waals surface area contributed by atoms with E-state index in [4.69, 9.17) is 9.84 Å². The van der Waals surface area contributed by atoms with Crippen molar-refractivity contribution in [3.8, 4) is 0 Å². The quantitative estimate of drug-likeness (QED) is 0.355. The number of hydrogen-bond donors (Lipinski definition) is 3. The third-order valence-corrected chi connectivity index (χ3v) is 3.94. The molecule has 0 bridgehead atoms. The number of nitro groups is 1. The number of nitrogens with one attached hydrogen (secondary N) is 2. The summed E-state index contributed by atoms with van der Waals surface area (Å²) in [6.45, 7) is 1.15. The molecule has 2 rings (SSSR count). The number of aryl methyl sites for hydroxylation is 1. The van der Waals surface area contributed by atoms with Crippen molar-refractivity contribution < 1.29 is 24.4 Å². The van der Waals surface area contributed by atoms with Crippen LogP contribution in [0.15, 0.2) is 23.6 Å². The Morgan fingerprint density at radius 2 is 2.19 bits per heavy atom. The molecule has 0 fully saturated rings. The molecule has 0 saturated carbocycles. The van der Waals surface area contributed by atoms with Crippen LogP contribution < -0.4 is 10.6 Å². The average molecular weight is 380 g/mol. The van der Waals surface area contributed by atoms with Gasteiger partial charge in [-0.25, -0.2) is 9.78 Å². The van der Waals surface area contributed by atoms with Crippen molar-refractivity contribution in [2.45, 2.75) is 6.92 Å². The van der Waals surface area contributed by atoms with Crippen LogP contribution in [-0.2, 0) is 9.53 Å². The zero-order valence-corrected chi connectivity index (χ0v) is 14.5. The lowest BCUT2D eigenvalue weighted by atomic mass is 10.1. The fraction of sp³-hybridized carbons (Fsp3) is 0.267. The Hall–Kier alpha value is -3.05. The number of amides is 1. The maximum atomic E-state index is 12.2. The summed E-state index contributed by atoms with van der Waals surface area (Å²) in [4.78, 5) is 38.3. The van der Waals surface area contributed by atoms with E-state index < -0.39 is 23.4 Å². The Kier molecular flexibility index (Phi) is 6.58. The van der Waals surface area contributed by atoms with Gasteiger partial charge in [-0.1, -0.05) is 0 Å². The molecule has 11 heteroatoms. The lowest BCUT2D eigenvalue weighted by Gasteiger charge is -2.11. The smallest absolute Gasteiger partial charge is 0.341 e. The number of aliphatic hydroxyl groups is 1. The van der Waals surface area contributed by atoms with Crippen LogP contribution in [-0.4, -0.2) is 46.6 Å². The molecule has 10 nitrogen and oxygen atoms in total. The number of nitro benzene ring substituents is 1. The molecule has 0 saturated heterocycles. The highest BCUT2D eigenvalue weighted by Gasteiger charge is 2.19. The molecule has 0 aliphatic carbocycles. The van der Waals surface area contributed by atoms with Crippen molar-refractivity contribution in [3.63, 3.8) is 0 Å². The molecule has 3 N–H and O–H groups in total. The summed E-state index contributed by atoms with van der Waals surface area (Å²) in [6, 6.07) is 3.60. The summed E-state index contributed by atoms with van der Waals surface area (Å²) in [5, 5.41) is 27.1. The van der Waals surface area contributed by atoms with E-state index in [9.17, 15) is 19.7 Å². The van der Waals surface area contributed by atoms with Crippen LogP contribution in [0.5, 0.6) is 0 Å². The first kappa shape index (κ1) is 19.3. The van der Waals surface area contributed by atoms with Crippen LogP contribution in [0.2, 0.25) is 0 Å². The molecule has 26 heavy (non-hydrogen) atoms. The Labute approximate surface area is 152 Å². The largest absolute Gasteiger partial charge is 0.452 e. The van der Waals surface area contributed by atoms with E-state index in [0.29, 0.717) is 5.13 Å². The van der Waals surface area contributed by atoms with E-state index in [1.165, 1.54) is 23.5 Å². The summed E-state index contributed by atoms with van der Waals surface area (Å²) in [5.41, 5.74) is 0.601. The van der Waals surface area contributed by atoms with Crippen molar-refractivity contribution >= 4 is 39.7 Å². The van der Waals surface area contributed by atoms with Gasteiger partial charge in [0.25, 0.3) is 11.6 Å². The van der Waals surface area contributed by atoms with E-state index in [-0.39, 0.29) is 30.1 Å². The van der Waals surface area contributed by atoms with E-state index in [0.717, 1.165) is 11.8 Å². The fourth-order valence-corrected chi connectivity index (χ4v) is 2.64. The summed E-state index contributed by atoms with van der Waals surface area (Å²) in [5.74, 6) is -1.48. The lowest BCUT2D eigenvalue weighted by Crippen LogP contribution is -2.21. The predicted octanol–water partition coefficient (Wildman–Crippen LogP) is 1.56. The molecule has 0 radical (unpaired) electrons. The number of rotatable bonds is 8. The maximum Gasteiger partial charge on any atom is 0.341 e. The molecule has 1 amide bonds. The molecule has 1 aromatic heterocycles. The molecule has 0 aliphatic heterocycles. The first-order valence-corrected chi connectivity index (χ1v) is 8.31.